The van der Waals surface area contributed by atoms with E-state index in [9.17, 15) is 4.79 Å². The minimum absolute atomic E-state index is 0.131. The molecule has 1 aliphatic carbocycles. The monoisotopic (exact) mass is 298 g/mol. The molecule has 1 aromatic heterocycles. The smallest absolute Gasteiger partial charge is 0.273 e. The van der Waals surface area contributed by atoms with Crippen molar-refractivity contribution in [1.82, 2.24) is 9.88 Å². The highest BCUT2D eigenvalue weighted by Crippen LogP contribution is 2.30. The summed E-state index contributed by atoms with van der Waals surface area (Å²) in [4.78, 5) is 17.9. The number of likely N-dealkylation sites (tertiary alicyclic amines) is 1. The molecule has 3 rings (SSSR count). The largest absolute Gasteiger partial charge is 0.463 e. The zero-order chi connectivity index (χ0) is 13.1. The van der Waals surface area contributed by atoms with Crippen LogP contribution in [-0.2, 0) is 4.79 Å². The maximum Gasteiger partial charge on any atom is 0.273 e. The van der Waals surface area contributed by atoms with Gasteiger partial charge in [-0.2, -0.15) is 0 Å². The SMILES string of the molecule is O=C(CSC1CCCC1)N1CC(Oc2nccs2)C1. The van der Waals surface area contributed by atoms with Gasteiger partial charge in [-0.3, -0.25) is 4.79 Å². The van der Waals surface area contributed by atoms with Crippen molar-refractivity contribution in [2.24, 2.45) is 0 Å². The number of ether oxygens (including phenoxy) is 1. The van der Waals surface area contributed by atoms with Gasteiger partial charge in [0.25, 0.3) is 5.19 Å². The van der Waals surface area contributed by atoms with Crippen molar-refractivity contribution >= 4 is 29.0 Å². The van der Waals surface area contributed by atoms with E-state index < -0.39 is 0 Å². The van der Waals surface area contributed by atoms with Crippen LogP contribution < -0.4 is 4.74 Å². The molecule has 6 heteroatoms. The van der Waals surface area contributed by atoms with E-state index >= 15 is 0 Å². The third kappa shape index (κ3) is 3.42. The van der Waals surface area contributed by atoms with E-state index in [-0.39, 0.29) is 12.0 Å². The Morgan fingerprint density at radius 1 is 1.47 bits per heavy atom. The lowest BCUT2D eigenvalue weighted by molar-refractivity contribution is -0.137. The molecule has 19 heavy (non-hydrogen) atoms. The van der Waals surface area contributed by atoms with E-state index in [1.807, 2.05) is 22.0 Å². The van der Waals surface area contributed by atoms with Crippen molar-refractivity contribution in [2.75, 3.05) is 18.8 Å². The minimum atomic E-state index is 0.131. The molecule has 0 radical (unpaired) electrons. The van der Waals surface area contributed by atoms with E-state index in [0.717, 1.165) is 0 Å². The van der Waals surface area contributed by atoms with Crippen LogP contribution in [0.25, 0.3) is 0 Å². The Labute approximate surface area is 121 Å². The van der Waals surface area contributed by atoms with Crippen LogP contribution >= 0.6 is 23.1 Å². The molecule has 1 saturated carbocycles. The summed E-state index contributed by atoms with van der Waals surface area (Å²) in [5.74, 6) is 0.894. The number of rotatable bonds is 5. The Morgan fingerprint density at radius 2 is 2.26 bits per heavy atom. The highest BCUT2D eigenvalue weighted by molar-refractivity contribution is 8.00. The van der Waals surface area contributed by atoms with Crippen LogP contribution in [0, 0.1) is 0 Å². The average Bonchev–Trinajstić information content (AvgIpc) is 3.03. The summed E-state index contributed by atoms with van der Waals surface area (Å²) in [6.45, 7) is 1.42. The van der Waals surface area contributed by atoms with E-state index in [4.69, 9.17) is 4.74 Å². The van der Waals surface area contributed by atoms with E-state index in [2.05, 4.69) is 4.98 Å². The van der Waals surface area contributed by atoms with Gasteiger partial charge in [0.15, 0.2) is 0 Å². The van der Waals surface area contributed by atoms with Crippen LogP contribution in [-0.4, -0.2) is 46.0 Å². The Kier molecular flexibility index (Phi) is 4.28. The third-order valence-corrected chi connectivity index (χ3v) is 5.64. The highest BCUT2D eigenvalue weighted by atomic mass is 32.2. The Morgan fingerprint density at radius 3 is 2.95 bits per heavy atom. The second-order valence-corrected chi connectivity index (χ2v) is 7.20. The second-order valence-electron chi connectivity index (χ2n) is 5.05. The Balaban J connectivity index is 1.34. The van der Waals surface area contributed by atoms with Gasteiger partial charge in [0.1, 0.15) is 6.10 Å². The lowest BCUT2D eigenvalue weighted by atomic mass is 10.2. The predicted octanol–water partition coefficient (Wildman–Crippen LogP) is 2.41. The number of nitrogens with zero attached hydrogens (tertiary/aromatic N) is 2. The molecule has 1 aliphatic heterocycles. The topological polar surface area (TPSA) is 42.4 Å². The number of thiazole rings is 1. The Hall–Kier alpha value is -0.750. The molecule has 0 aromatic carbocycles. The minimum Gasteiger partial charge on any atom is -0.463 e. The molecular weight excluding hydrogens is 280 g/mol. The van der Waals surface area contributed by atoms with Crippen LogP contribution in [0.2, 0.25) is 0 Å². The fraction of sp³-hybridized carbons (Fsp3) is 0.692. The highest BCUT2D eigenvalue weighted by Gasteiger charge is 2.32. The van der Waals surface area contributed by atoms with Gasteiger partial charge in [-0.25, -0.2) is 4.98 Å². The number of hydrogen-bond donors (Lipinski definition) is 0. The van der Waals surface area contributed by atoms with Crippen LogP contribution in [0.4, 0.5) is 0 Å². The van der Waals surface area contributed by atoms with Gasteiger partial charge in [-0.05, 0) is 12.8 Å². The molecule has 2 heterocycles. The van der Waals surface area contributed by atoms with E-state index in [0.29, 0.717) is 29.3 Å². The van der Waals surface area contributed by atoms with Crippen molar-refractivity contribution in [2.45, 2.75) is 37.0 Å². The van der Waals surface area contributed by atoms with Crippen molar-refractivity contribution in [3.8, 4) is 5.19 Å². The first-order valence-corrected chi connectivity index (χ1v) is 8.69. The summed E-state index contributed by atoms with van der Waals surface area (Å²) in [7, 11) is 0. The van der Waals surface area contributed by atoms with Crippen LogP contribution in [0.5, 0.6) is 5.19 Å². The molecule has 2 aliphatic rings. The number of carbonyl (C=O) groups is 1. The summed E-state index contributed by atoms with van der Waals surface area (Å²) < 4.78 is 5.66. The van der Waals surface area contributed by atoms with Crippen molar-refractivity contribution in [3.05, 3.63) is 11.6 Å². The van der Waals surface area contributed by atoms with E-state index in [1.165, 1.54) is 37.0 Å². The van der Waals surface area contributed by atoms with Crippen molar-refractivity contribution < 1.29 is 9.53 Å². The van der Waals surface area contributed by atoms with Crippen LogP contribution in [0.15, 0.2) is 11.6 Å². The molecule has 1 aromatic rings. The first-order chi connectivity index (χ1) is 9.31. The molecule has 0 unspecified atom stereocenters. The van der Waals surface area contributed by atoms with Crippen molar-refractivity contribution in [3.63, 3.8) is 0 Å². The summed E-state index contributed by atoms with van der Waals surface area (Å²) in [6, 6.07) is 0. The molecule has 0 N–H and O–H groups in total. The maximum absolute atomic E-state index is 12.0. The zero-order valence-electron chi connectivity index (χ0n) is 10.8. The maximum atomic E-state index is 12.0. The average molecular weight is 298 g/mol. The first-order valence-electron chi connectivity index (χ1n) is 6.77. The molecule has 0 bridgehead atoms. The molecular formula is C13H18N2O2S2. The number of thioether (sulfide) groups is 1. The predicted molar refractivity (Wildman–Crippen MR) is 77.8 cm³/mol. The lowest BCUT2D eigenvalue weighted by Gasteiger charge is -2.38. The summed E-state index contributed by atoms with van der Waals surface area (Å²) in [5, 5.41) is 3.32. The number of hydrogen-bond acceptors (Lipinski definition) is 5. The van der Waals surface area contributed by atoms with Gasteiger partial charge in [0.2, 0.25) is 5.91 Å². The van der Waals surface area contributed by atoms with Gasteiger partial charge < -0.3 is 9.64 Å². The summed E-state index contributed by atoms with van der Waals surface area (Å²) in [6.07, 6.45) is 7.10. The van der Waals surface area contributed by atoms with Gasteiger partial charge in [-0.15, -0.1) is 11.8 Å². The number of aromatic nitrogens is 1. The fourth-order valence-corrected chi connectivity index (χ4v) is 4.24. The number of amides is 1. The summed E-state index contributed by atoms with van der Waals surface area (Å²) in [5.41, 5.74) is 0. The van der Waals surface area contributed by atoms with E-state index in [1.54, 1.807) is 6.20 Å². The van der Waals surface area contributed by atoms with Gasteiger partial charge in [0.05, 0.1) is 18.8 Å². The fourth-order valence-electron chi connectivity index (χ4n) is 2.46. The molecule has 4 nitrogen and oxygen atoms in total. The third-order valence-electron chi connectivity index (χ3n) is 3.62. The molecule has 0 atom stereocenters. The molecule has 1 amide bonds. The second kappa shape index (κ2) is 6.13. The molecule has 1 saturated heterocycles. The van der Waals surface area contributed by atoms with Gasteiger partial charge in [-0.1, -0.05) is 24.2 Å². The zero-order valence-corrected chi connectivity index (χ0v) is 12.4. The van der Waals surface area contributed by atoms with Crippen molar-refractivity contribution in [1.29, 1.82) is 0 Å². The van der Waals surface area contributed by atoms with Crippen LogP contribution in [0.3, 0.4) is 0 Å². The van der Waals surface area contributed by atoms with Gasteiger partial charge in [0, 0.05) is 16.8 Å². The lowest BCUT2D eigenvalue weighted by Crippen LogP contribution is -2.56. The standard InChI is InChI=1S/C13H18N2O2S2/c16-12(9-19-11-3-1-2-4-11)15-7-10(8-15)17-13-14-5-6-18-13/h5-6,10-11H,1-4,7-9H2. The number of carbonyl (C=O) groups excluding carboxylic acids is 1. The quantitative estimate of drug-likeness (QED) is 0.837. The normalized spacial score (nSPS) is 20.5. The molecule has 2 fully saturated rings. The molecule has 104 valence electrons. The Bertz CT molecular complexity index is 412. The van der Waals surface area contributed by atoms with Crippen LogP contribution in [0.1, 0.15) is 25.7 Å². The molecule has 0 spiro atoms. The van der Waals surface area contributed by atoms with Gasteiger partial charge >= 0.3 is 0 Å². The summed E-state index contributed by atoms with van der Waals surface area (Å²) >= 11 is 3.33. The first kappa shape index (κ1) is 13.2.